The minimum atomic E-state index is -0.139. The zero-order chi connectivity index (χ0) is 16.6. The van der Waals surface area contributed by atoms with Crippen molar-refractivity contribution in [2.75, 3.05) is 0 Å². The van der Waals surface area contributed by atoms with Gasteiger partial charge < -0.3 is 5.32 Å². The molecular formula is C17H16BrN3O2. The van der Waals surface area contributed by atoms with Gasteiger partial charge in [0.25, 0.3) is 5.91 Å². The molecule has 1 amide bonds. The number of aryl methyl sites for hydroxylation is 2. The van der Waals surface area contributed by atoms with Gasteiger partial charge in [-0.25, -0.2) is 4.79 Å². The van der Waals surface area contributed by atoms with Gasteiger partial charge >= 0.3 is 5.69 Å². The summed E-state index contributed by atoms with van der Waals surface area (Å²) in [5, 5.41) is 2.90. The molecule has 0 saturated heterocycles. The average molecular weight is 374 g/mol. The van der Waals surface area contributed by atoms with Crippen LogP contribution in [0.2, 0.25) is 0 Å². The molecular weight excluding hydrogens is 358 g/mol. The highest BCUT2D eigenvalue weighted by atomic mass is 79.9. The molecule has 23 heavy (non-hydrogen) atoms. The third-order valence-corrected chi connectivity index (χ3v) is 4.60. The number of hydrogen-bond acceptors (Lipinski definition) is 2. The highest BCUT2D eigenvalue weighted by molar-refractivity contribution is 9.10. The van der Waals surface area contributed by atoms with Crippen molar-refractivity contribution in [3.8, 4) is 0 Å². The number of carbonyl (C=O) groups excluding carboxylic acids is 1. The molecule has 1 N–H and O–H groups in total. The number of carbonyl (C=O) groups is 1. The fraction of sp³-hybridized carbons (Fsp3) is 0.176. The Morgan fingerprint density at radius 3 is 2.52 bits per heavy atom. The zero-order valence-corrected chi connectivity index (χ0v) is 14.4. The summed E-state index contributed by atoms with van der Waals surface area (Å²) in [5.41, 5.74) is 3.21. The Morgan fingerprint density at radius 1 is 1.09 bits per heavy atom. The highest BCUT2D eigenvalue weighted by Gasteiger charge is 2.11. The number of nitrogens with zero attached hydrogens (tertiary/aromatic N) is 2. The van der Waals surface area contributed by atoms with Crippen LogP contribution in [0.4, 0.5) is 0 Å². The van der Waals surface area contributed by atoms with Crippen LogP contribution < -0.4 is 11.0 Å². The van der Waals surface area contributed by atoms with Crippen LogP contribution >= 0.6 is 15.9 Å². The Hall–Kier alpha value is -2.34. The van der Waals surface area contributed by atoms with E-state index in [0.717, 1.165) is 21.1 Å². The van der Waals surface area contributed by atoms with Crippen LogP contribution in [-0.2, 0) is 20.6 Å². The van der Waals surface area contributed by atoms with Gasteiger partial charge in [-0.2, -0.15) is 0 Å². The van der Waals surface area contributed by atoms with Gasteiger partial charge in [-0.05, 0) is 45.8 Å². The first-order valence-electron chi connectivity index (χ1n) is 7.16. The maximum absolute atomic E-state index is 12.2. The Balaban J connectivity index is 1.83. The molecule has 0 saturated carbocycles. The van der Waals surface area contributed by atoms with Gasteiger partial charge in [-0.3, -0.25) is 13.9 Å². The molecule has 1 aromatic heterocycles. The average Bonchev–Trinajstić information content (AvgIpc) is 2.77. The first kappa shape index (κ1) is 15.6. The lowest BCUT2D eigenvalue weighted by atomic mass is 10.1. The minimum Gasteiger partial charge on any atom is -0.348 e. The molecule has 3 aromatic rings. The van der Waals surface area contributed by atoms with Crippen molar-refractivity contribution in [2.45, 2.75) is 6.54 Å². The molecule has 0 fully saturated rings. The largest absolute Gasteiger partial charge is 0.348 e. The highest BCUT2D eigenvalue weighted by Crippen LogP contribution is 2.17. The molecule has 0 aliphatic heterocycles. The SMILES string of the molecule is Cn1c(=O)n(C)c2cc(CNC(=O)c3ccccc3Br)ccc21. The van der Waals surface area contributed by atoms with Gasteiger partial charge in [0.2, 0.25) is 0 Å². The Bertz CT molecular complexity index is 956. The Kier molecular flexibility index (Phi) is 4.09. The number of imidazole rings is 1. The maximum atomic E-state index is 12.2. The number of nitrogens with one attached hydrogen (secondary N) is 1. The molecule has 5 nitrogen and oxygen atoms in total. The van der Waals surface area contributed by atoms with E-state index >= 15 is 0 Å². The summed E-state index contributed by atoms with van der Waals surface area (Å²) in [5.74, 6) is -0.139. The summed E-state index contributed by atoms with van der Waals surface area (Å²) in [6.07, 6.45) is 0. The molecule has 0 radical (unpaired) electrons. The van der Waals surface area contributed by atoms with Crippen LogP contribution in [0.15, 0.2) is 51.7 Å². The molecule has 1 heterocycles. The van der Waals surface area contributed by atoms with Gasteiger partial charge in [0.05, 0.1) is 16.6 Å². The lowest BCUT2D eigenvalue weighted by molar-refractivity contribution is 0.0950. The second-order valence-corrected chi connectivity index (χ2v) is 6.24. The number of rotatable bonds is 3. The normalized spacial score (nSPS) is 10.9. The third-order valence-electron chi connectivity index (χ3n) is 3.91. The van der Waals surface area contributed by atoms with Crippen LogP contribution in [-0.4, -0.2) is 15.0 Å². The van der Waals surface area contributed by atoms with E-state index in [-0.39, 0.29) is 11.6 Å². The number of fused-ring (bicyclic) bond motifs is 1. The standard InChI is InChI=1S/C17H16BrN3O2/c1-20-14-8-7-11(9-15(14)21(2)17(20)23)10-19-16(22)12-5-3-4-6-13(12)18/h3-9H,10H2,1-2H3,(H,19,22). The van der Waals surface area contributed by atoms with Gasteiger partial charge in [0.1, 0.15) is 0 Å². The number of amides is 1. The van der Waals surface area contributed by atoms with Crippen LogP contribution in [0.1, 0.15) is 15.9 Å². The number of benzene rings is 2. The summed E-state index contributed by atoms with van der Waals surface area (Å²) in [6, 6.07) is 13.0. The molecule has 0 aliphatic rings. The van der Waals surface area contributed by atoms with Crippen molar-refractivity contribution in [1.29, 1.82) is 0 Å². The molecule has 3 rings (SSSR count). The molecule has 0 bridgehead atoms. The Morgan fingerprint density at radius 2 is 1.78 bits per heavy atom. The van der Waals surface area contributed by atoms with Crippen molar-refractivity contribution in [2.24, 2.45) is 14.1 Å². The summed E-state index contributed by atoms with van der Waals surface area (Å²) >= 11 is 3.37. The first-order chi connectivity index (χ1) is 11.0. The van der Waals surface area contributed by atoms with E-state index in [1.807, 2.05) is 36.4 Å². The quantitative estimate of drug-likeness (QED) is 0.766. The van der Waals surface area contributed by atoms with Crippen molar-refractivity contribution in [3.63, 3.8) is 0 Å². The van der Waals surface area contributed by atoms with Crippen molar-refractivity contribution >= 4 is 32.9 Å². The first-order valence-corrected chi connectivity index (χ1v) is 7.95. The summed E-state index contributed by atoms with van der Waals surface area (Å²) < 4.78 is 3.98. The van der Waals surface area contributed by atoms with Crippen molar-refractivity contribution < 1.29 is 4.79 Å². The number of halogens is 1. The van der Waals surface area contributed by atoms with Gasteiger partial charge in [0.15, 0.2) is 0 Å². The van der Waals surface area contributed by atoms with Crippen LogP contribution in [0, 0.1) is 0 Å². The van der Waals surface area contributed by atoms with E-state index in [2.05, 4.69) is 21.2 Å². The molecule has 118 valence electrons. The number of hydrogen-bond donors (Lipinski definition) is 1. The second-order valence-electron chi connectivity index (χ2n) is 5.39. The molecule has 0 atom stereocenters. The van der Waals surface area contributed by atoms with E-state index in [1.54, 1.807) is 29.3 Å². The van der Waals surface area contributed by atoms with Gasteiger partial charge in [-0.1, -0.05) is 18.2 Å². The van der Waals surface area contributed by atoms with Crippen molar-refractivity contribution in [3.05, 3.63) is 68.5 Å². The lowest BCUT2D eigenvalue weighted by Gasteiger charge is -2.07. The molecule has 0 aliphatic carbocycles. The van der Waals surface area contributed by atoms with E-state index in [0.29, 0.717) is 12.1 Å². The van der Waals surface area contributed by atoms with Crippen LogP contribution in [0.25, 0.3) is 11.0 Å². The molecule has 0 spiro atoms. The summed E-state index contributed by atoms with van der Waals surface area (Å²) in [6.45, 7) is 0.402. The van der Waals surface area contributed by atoms with E-state index in [1.165, 1.54) is 0 Å². The Labute approximate surface area is 141 Å². The van der Waals surface area contributed by atoms with E-state index in [9.17, 15) is 9.59 Å². The van der Waals surface area contributed by atoms with E-state index < -0.39 is 0 Å². The zero-order valence-electron chi connectivity index (χ0n) is 12.8. The van der Waals surface area contributed by atoms with Crippen LogP contribution in [0.3, 0.4) is 0 Å². The van der Waals surface area contributed by atoms with E-state index in [4.69, 9.17) is 0 Å². The van der Waals surface area contributed by atoms with Gasteiger partial charge in [0, 0.05) is 25.1 Å². The predicted molar refractivity (Wildman–Crippen MR) is 93.5 cm³/mol. The predicted octanol–water partition coefficient (Wildman–Crippen LogP) is 2.57. The minimum absolute atomic E-state index is 0.0607. The smallest absolute Gasteiger partial charge is 0.328 e. The topological polar surface area (TPSA) is 56.0 Å². The third kappa shape index (κ3) is 2.82. The monoisotopic (exact) mass is 373 g/mol. The van der Waals surface area contributed by atoms with Crippen LogP contribution in [0.5, 0.6) is 0 Å². The molecule has 2 aromatic carbocycles. The number of aromatic nitrogens is 2. The summed E-state index contributed by atoms with van der Waals surface area (Å²) in [4.78, 5) is 24.2. The second kappa shape index (κ2) is 6.04. The van der Waals surface area contributed by atoms with Crippen molar-refractivity contribution in [1.82, 2.24) is 14.5 Å². The van der Waals surface area contributed by atoms with Gasteiger partial charge in [-0.15, -0.1) is 0 Å². The molecule has 0 unspecified atom stereocenters. The maximum Gasteiger partial charge on any atom is 0.328 e. The lowest BCUT2D eigenvalue weighted by Crippen LogP contribution is -2.23. The fourth-order valence-corrected chi connectivity index (χ4v) is 3.05. The molecule has 6 heteroatoms. The fourth-order valence-electron chi connectivity index (χ4n) is 2.59. The summed E-state index contributed by atoms with van der Waals surface area (Å²) in [7, 11) is 3.49.